The lowest BCUT2D eigenvalue weighted by molar-refractivity contribution is -0.137. The highest BCUT2D eigenvalue weighted by Gasteiger charge is 2.11. The van der Waals surface area contributed by atoms with E-state index in [9.17, 15) is 9.59 Å². The number of nitrogens with zero attached hydrogens (tertiary/aromatic N) is 3. The highest BCUT2D eigenvalue weighted by Crippen LogP contribution is 2.09. The third-order valence-corrected chi connectivity index (χ3v) is 2.29. The van der Waals surface area contributed by atoms with Crippen LogP contribution in [-0.4, -0.2) is 47.7 Å². The van der Waals surface area contributed by atoms with E-state index in [0.717, 1.165) is 0 Å². The molecule has 7 nitrogen and oxygen atoms in total. The Morgan fingerprint density at radius 1 is 1.44 bits per heavy atom. The lowest BCUT2D eigenvalue weighted by Crippen LogP contribution is -2.21. The van der Waals surface area contributed by atoms with Crippen LogP contribution in [0.25, 0.3) is 0 Å². The maximum absolute atomic E-state index is 11.3. The van der Waals surface area contributed by atoms with Crippen LogP contribution in [0.5, 0.6) is 0 Å². The van der Waals surface area contributed by atoms with Crippen molar-refractivity contribution in [2.75, 3.05) is 25.6 Å². The molecule has 1 heterocycles. The number of rotatable bonds is 6. The third-order valence-electron chi connectivity index (χ3n) is 2.29. The number of methoxy groups -OCH3 is 1. The van der Waals surface area contributed by atoms with Gasteiger partial charge in [0.1, 0.15) is 5.82 Å². The number of carbonyl (C=O) groups excluding carboxylic acids is 1. The fourth-order valence-corrected chi connectivity index (χ4v) is 1.32. The van der Waals surface area contributed by atoms with Crippen molar-refractivity contribution in [2.24, 2.45) is 0 Å². The van der Waals surface area contributed by atoms with Crippen LogP contribution < -0.4 is 4.90 Å². The molecule has 0 bridgehead atoms. The molecule has 0 fully saturated rings. The summed E-state index contributed by atoms with van der Waals surface area (Å²) in [6, 6.07) is 0. The summed E-state index contributed by atoms with van der Waals surface area (Å²) in [7, 11) is 3.03. The summed E-state index contributed by atoms with van der Waals surface area (Å²) in [5.41, 5.74) is 0.125. The van der Waals surface area contributed by atoms with Crippen molar-refractivity contribution in [2.45, 2.75) is 12.8 Å². The molecule has 0 aliphatic carbocycles. The smallest absolute Gasteiger partial charge is 0.358 e. The number of hydrogen-bond acceptors (Lipinski definition) is 6. The van der Waals surface area contributed by atoms with E-state index in [2.05, 4.69) is 14.7 Å². The number of carboxylic acids is 1. The Kier molecular flexibility index (Phi) is 5.04. The summed E-state index contributed by atoms with van der Waals surface area (Å²) < 4.78 is 4.55. The van der Waals surface area contributed by atoms with Crippen LogP contribution in [0.1, 0.15) is 23.3 Å². The largest absolute Gasteiger partial charge is 0.481 e. The maximum atomic E-state index is 11.3. The number of carboxylic acid groups (broad SMARTS) is 1. The van der Waals surface area contributed by atoms with Crippen molar-refractivity contribution in [3.05, 3.63) is 18.1 Å². The quantitative estimate of drug-likeness (QED) is 0.740. The lowest BCUT2D eigenvalue weighted by atomic mass is 10.3. The fraction of sp³-hybridized carbons (Fsp3) is 0.455. The van der Waals surface area contributed by atoms with Gasteiger partial charge in [0.25, 0.3) is 0 Å². The molecule has 1 rings (SSSR count). The van der Waals surface area contributed by atoms with Gasteiger partial charge in [0, 0.05) is 20.0 Å². The van der Waals surface area contributed by atoms with Crippen molar-refractivity contribution in [1.82, 2.24) is 9.97 Å². The molecule has 7 heteroatoms. The van der Waals surface area contributed by atoms with Crippen LogP contribution in [-0.2, 0) is 9.53 Å². The molecule has 1 aromatic heterocycles. The molecule has 98 valence electrons. The zero-order valence-electron chi connectivity index (χ0n) is 10.3. The molecule has 0 aliphatic rings. The molecule has 0 amide bonds. The van der Waals surface area contributed by atoms with E-state index in [-0.39, 0.29) is 12.1 Å². The average Bonchev–Trinajstić information content (AvgIpc) is 2.37. The van der Waals surface area contributed by atoms with Crippen molar-refractivity contribution in [3.63, 3.8) is 0 Å². The summed E-state index contributed by atoms with van der Waals surface area (Å²) in [4.78, 5) is 31.4. The monoisotopic (exact) mass is 253 g/mol. The van der Waals surface area contributed by atoms with E-state index in [1.807, 2.05) is 0 Å². The third kappa shape index (κ3) is 4.00. The van der Waals surface area contributed by atoms with Gasteiger partial charge in [-0.25, -0.2) is 9.78 Å². The first kappa shape index (κ1) is 13.9. The highest BCUT2D eigenvalue weighted by molar-refractivity contribution is 5.87. The molecule has 0 saturated heterocycles. The molecule has 0 aliphatic heterocycles. The van der Waals surface area contributed by atoms with Crippen LogP contribution in [0.15, 0.2) is 12.4 Å². The SMILES string of the molecule is COC(=O)c1cncc(N(C)CCCC(=O)O)n1. The molecular formula is C11H15N3O4. The summed E-state index contributed by atoms with van der Waals surface area (Å²) in [5, 5.41) is 8.54. The molecule has 0 spiro atoms. The fourth-order valence-electron chi connectivity index (χ4n) is 1.32. The number of aromatic nitrogens is 2. The van der Waals surface area contributed by atoms with Crippen molar-refractivity contribution in [1.29, 1.82) is 0 Å². The molecule has 0 saturated carbocycles. The molecule has 0 radical (unpaired) electrons. The van der Waals surface area contributed by atoms with Crippen LogP contribution in [0.4, 0.5) is 5.82 Å². The second kappa shape index (κ2) is 6.53. The molecule has 18 heavy (non-hydrogen) atoms. The highest BCUT2D eigenvalue weighted by atomic mass is 16.5. The van der Waals surface area contributed by atoms with E-state index in [4.69, 9.17) is 5.11 Å². The van der Waals surface area contributed by atoms with Gasteiger partial charge < -0.3 is 14.7 Å². The van der Waals surface area contributed by atoms with Gasteiger partial charge in [-0.3, -0.25) is 9.78 Å². The number of ether oxygens (including phenoxy) is 1. The zero-order chi connectivity index (χ0) is 13.5. The van der Waals surface area contributed by atoms with Gasteiger partial charge >= 0.3 is 11.9 Å². The standard InChI is InChI=1S/C11H15N3O4/c1-14(5-3-4-10(15)16)9-7-12-6-8(13-9)11(17)18-2/h6-7H,3-5H2,1-2H3,(H,15,16). The van der Waals surface area contributed by atoms with Crippen LogP contribution in [0.2, 0.25) is 0 Å². The second-order valence-electron chi connectivity index (χ2n) is 3.67. The molecule has 0 aromatic carbocycles. The first-order chi connectivity index (χ1) is 8.54. The van der Waals surface area contributed by atoms with Gasteiger partial charge in [0.15, 0.2) is 5.69 Å². The topological polar surface area (TPSA) is 92.6 Å². The second-order valence-corrected chi connectivity index (χ2v) is 3.67. The van der Waals surface area contributed by atoms with Crippen molar-refractivity contribution < 1.29 is 19.4 Å². The number of aliphatic carboxylic acids is 1. The van der Waals surface area contributed by atoms with Crippen LogP contribution >= 0.6 is 0 Å². The van der Waals surface area contributed by atoms with Gasteiger partial charge in [-0.1, -0.05) is 0 Å². The predicted molar refractivity (Wildman–Crippen MR) is 63.5 cm³/mol. The Labute approximate surface area is 104 Å². The normalized spacial score (nSPS) is 9.89. The zero-order valence-corrected chi connectivity index (χ0v) is 10.3. The van der Waals surface area contributed by atoms with Crippen molar-refractivity contribution in [3.8, 4) is 0 Å². The Bertz CT molecular complexity index is 436. The predicted octanol–water partition coefficient (Wildman–Crippen LogP) is 0.564. The number of anilines is 1. The Hall–Kier alpha value is -2.18. The summed E-state index contributed by atoms with van der Waals surface area (Å²) in [6.07, 6.45) is 3.41. The van der Waals surface area contributed by atoms with Crippen LogP contribution in [0, 0.1) is 0 Å². The molecular weight excluding hydrogens is 238 g/mol. The van der Waals surface area contributed by atoms with Gasteiger partial charge in [0.2, 0.25) is 0 Å². The van der Waals surface area contributed by atoms with E-state index >= 15 is 0 Å². The van der Waals surface area contributed by atoms with Crippen molar-refractivity contribution >= 4 is 17.8 Å². The van der Waals surface area contributed by atoms with Gasteiger partial charge in [-0.2, -0.15) is 0 Å². The number of hydrogen-bond donors (Lipinski definition) is 1. The number of esters is 1. The molecule has 0 atom stereocenters. The Morgan fingerprint density at radius 3 is 2.78 bits per heavy atom. The molecule has 1 aromatic rings. The molecule has 0 unspecified atom stereocenters. The van der Waals surface area contributed by atoms with E-state index in [1.54, 1.807) is 11.9 Å². The minimum Gasteiger partial charge on any atom is -0.481 e. The number of carbonyl (C=O) groups is 2. The molecule has 1 N–H and O–H groups in total. The maximum Gasteiger partial charge on any atom is 0.358 e. The van der Waals surface area contributed by atoms with E-state index < -0.39 is 11.9 Å². The Morgan fingerprint density at radius 2 is 2.17 bits per heavy atom. The first-order valence-electron chi connectivity index (χ1n) is 5.38. The first-order valence-corrected chi connectivity index (χ1v) is 5.38. The van der Waals surface area contributed by atoms with Crippen LogP contribution in [0.3, 0.4) is 0 Å². The average molecular weight is 253 g/mol. The summed E-state index contributed by atoms with van der Waals surface area (Å²) >= 11 is 0. The summed E-state index contributed by atoms with van der Waals surface area (Å²) in [6.45, 7) is 0.519. The Balaban J connectivity index is 2.65. The van der Waals surface area contributed by atoms with Gasteiger partial charge in [-0.05, 0) is 6.42 Å². The van der Waals surface area contributed by atoms with E-state index in [1.165, 1.54) is 19.5 Å². The van der Waals surface area contributed by atoms with Gasteiger partial charge in [-0.15, -0.1) is 0 Å². The summed E-state index contributed by atoms with van der Waals surface area (Å²) in [5.74, 6) is -0.885. The van der Waals surface area contributed by atoms with Gasteiger partial charge in [0.05, 0.1) is 19.5 Å². The van der Waals surface area contributed by atoms with E-state index in [0.29, 0.717) is 18.8 Å². The minimum atomic E-state index is -0.835. The lowest BCUT2D eigenvalue weighted by Gasteiger charge is -2.17. The minimum absolute atomic E-state index is 0.0917.